The maximum atomic E-state index is 8.91. The van der Waals surface area contributed by atoms with Gasteiger partial charge in [0, 0.05) is 17.1 Å². The lowest BCUT2D eigenvalue weighted by Crippen LogP contribution is -1.96. The molecule has 0 radical (unpaired) electrons. The quantitative estimate of drug-likeness (QED) is 0.800. The van der Waals surface area contributed by atoms with Gasteiger partial charge in [-0.05, 0) is 24.1 Å². The second kappa shape index (κ2) is 5.92. The molecular formula is C12H15NO2S. The van der Waals surface area contributed by atoms with Crippen molar-refractivity contribution in [1.82, 2.24) is 0 Å². The molecule has 0 aliphatic carbocycles. The van der Waals surface area contributed by atoms with Crippen LogP contribution < -0.4 is 0 Å². The number of aliphatic hydroxyl groups excluding tert-OH is 1. The predicted molar refractivity (Wildman–Crippen MR) is 65.7 cm³/mol. The first-order valence-corrected chi connectivity index (χ1v) is 6.37. The van der Waals surface area contributed by atoms with Crippen LogP contribution in [0.1, 0.15) is 18.4 Å². The highest BCUT2D eigenvalue weighted by Crippen LogP contribution is 2.20. The fourth-order valence-corrected chi connectivity index (χ4v) is 2.40. The number of nitrogens with zero attached hydrogens (tertiary/aromatic N) is 1. The molecule has 2 rings (SSSR count). The molecule has 3 nitrogen and oxygen atoms in total. The molecule has 1 aromatic rings. The average Bonchev–Trinajstić information content (AvgIpc) is 2.83. The number of hydrogen-bond donors (Lipinski definition) is 1. The molecule has 0 spiro atoms. The van der Waals surface area contributed by atoms with Gasteiger partial charge < -0.3 is 9.94 Å². The van der Waals surface area contributed by atoms with Crippen molar-refractivity contribution >= 4 is 17.5 Å². The summed E-state index contributed by atoms with van der Waals surface area (Å²) in [7, 11) is 0. The van der Waals surface area contributed by atoms with Gasteiger partial charge in [-0.1, -0.05) is 17.3 Å². The molecule has 0 bridgehead atoms. The van der Waals surface area contributed by atoms with Crippen molar-refractivity contribution in [1.29, 1.82) is 0 Å². The monoisotopic (exact) mass is 237 g/mol. The van der Waals surface area contributed by atoms with Gasteiger partial charge in [0.25, 0.3) is 0 Å². The SMILES string of the molecule is OCc1ccc(SCCC2=NOCC2)cc1. The third-order valence-electron chi connectivity index (χ3n) is 2.44. The van der Waals surface area contributed by atoms with Gasteiger partial charge in [-0.15, -0.1) is 11.8 Å². The van der Waals surface area contributed by atoms with Crippen LogP contribution in [0.25, 0.3) is 0 Å². The molecule has 0 amide bonds. The number of oxime groups is 1. The van der Waals surface area contributed by atoms with E-state index in [1.807, 2.05) is 36.0 Å². The molecule has 0 saturated heterocycles. The van der Waals surface area contributed by atoms with E-state index < -0.39 is 0 Å². The molecule has 1 aromatic carbocycles. The van der Waals surface area contributed by atoms with Crippen LogP contribution in [0.4, 0.5) is 0 Å². The molecule has 0 unspecified atom stereocenters. The summed E-state index contributed by atoms with van der Waals surface area (Å²) in [5, 5.41) is 12.9. The molecule has 0 saturated carbocycles. The van der Waals surface area contributed by atoms with Gasteiger partial charge in [0.2, 0.25) is 0 Å². The van der Waals surface area contributed by atoms with Crippen molar-refractivity contribution < 1.29 is 9.94 Å². The van der Waals surface area contributed by atoms with Gasteiger partial charge in [0.05, 0.1) is 12.3 Å². The molecule has 86 valence electrons. The Morgan fingerprint density at radius 1 is 1.31 bits per heavy atom. The Hall–Kier alpha value is -1.00. The van der Waals surface area contributed by atoms with Crippen LogP contribution in [-0.4, -0.2) is 23.2 Å². The first kappa shape index (κ1) is 11.5. The lowest BCUT2D eigenvalue weighted by atomic mass is 10.2. The van der Waals surface area contributed by atoms with E-state index in [1.54, 1.807) is 0 Å². The van der Waals surface area contributed by atoms with Crippen molar-refractivity contribution in [2.45, 2.75) is 24.3 Å². The fraction of sp³-hybridized carbons (Fsp3) is 0.417. The zero-order chi connectivity index (χ0) is 11.2. The minimum absolute atomic E-state index is 0.110. The summed E-state index contributed by atoms with van der Waals surface area (Å²) in [5.41, 5.74) is 2.12. The molecule has 1 N–H and O–H groups in total. The van der Waals surface area contributed by atoms with Crippen molar-refractivity contribution in [3.05, 3.63) is 29.8 Å². The minimum atomic E-state index is 0.110. The number of hydrogen-bond acceptors (Lipinski definition) is 4. The van der Waals surface area contributed by atoms with Gasteiger partial charge >= 0.3 is 0 Å². The summed E-state index contributed by atoms with van der Waals surface area (Å²) in [6.45, 7) is 0.851. The third kappa shape index (κ3) is 3.25. The van der Waals surface area contributed by atoms with Crippen molar-refractivity contribution in [2.24, 2.45) is 5.16 Å². The first-order valence-electron chi connectivity index (χ1n) is 5.39. The summed E-state index contributed by atoms with van der Waals surface area (Å²) >= 11 is 1.81. The molecule has 4 heteroatoms. The molecule has 1 aliphatic rings. The molecule has 1 aliphatic heterocycles. The second-order valence-corrected chi connectivity index (χ2v) is 4.81. The van der Waals surface area contributed by atoms with Crippen molar-refractivity contribution in [3.8, 4) is 0 Å². The van der Waals surface area contributed by atoms with Gasteiger partial charge in [-0.25, -0.2) is 0 Å². The Bertz CT molecular complexity index is 362. The summed E-state index contributed by atoms with van der Waals surface area (Å²) in [6, 6.07) is 8.00. The van der Waals surface area contributed by atoms with E-state index in [0.717, 1.165) is 30.8 Å². The molecule has 1 heterocycles. The number of benzene rings is 1. The van der Waals surface area contributed by atoms with E-state index in [2.05, 4.69) is 5.16 Å². The number of aliphatic hydroxyl groups is 1. The third-order valence-corrected chi connectivity index (χ3v) is 3.45. The van der Waals surface area contributed by atoms with Crippen LogP contribution in [0.2, 0.25) is 0 Å². The Morgan fingerprint density at radius 2 is 2.12 bits per heavy atom. The van der Waals surface area contributed by atoms with Crippen LogP contribution in [-0.2, 0) is 11.4 Å². The smallest absolute Gasteiger partial charge is 0.122 e. The van der Waals surface area contributed by atoms with Crippen LogP contribution >= 0.6 is 11.8 Å². The van der Waals surface area contributed by atoms with E-state index in [4.69, 9.17) is 9.94 Å². The maximum Gasteiger partial charge on any atom is 0.122 e. The number of rotatable bonds is 5. The van der Waals surface area contributed by atoms with Crippen molar-refractivity contribution in [3.63, 3.8) is 0 Å². The highest BCUT2D eigenvalue weighted by molar-refractivity contribution is 7.99. The van der Waals surface area contributed by atoms with E-state index in [0.29, 0.717) is 0 Å². The highest BCUT2D eigenvalue weighted by Gasteiger charge is 2.07. The van der Waals surface area contributed by atoms with E-state index in [9.17, 15) is 0 Å². The van der Waals surface area contributed by atoms with E-state index in [1.165, 1.54) is 10.6 Å². The zero-order valence-electron chi connectivity index (χ0n) is 9.06. The molecule has 16 heavy (non-hydrogen) atoms. The van der Waals surface area contributed by atoms with Crippen LogP contribution in [0.15, 0.2) is 34.3 Å². The maximum absolute atomic E-state index is 8.91. The topological polar surface area (TPSA) is 41.8 Å². The molecular weight excluding hydrogens is 222 g/mol. The fourth-order valence-electron chi connectivity index (χ4n) is 1.49. The largest absolute Gasteiger partial charge is 0.395 e. The van der Waals surface area contributed by atoms with Crippen LogP contribution in [0.5, 0.6) is 0 Å². The van der Waals surface area contributed by atoms with E-state index in [-0.39, 0.29) is 6.61 Å². The van der Waals surface area contributed by atoms with Gasteiger partial charge in [-0.3, -0.25) is 0 Å². The number of thioether (sulfide) groups is 1. The lowest BCUT2D eigenvalue weighted by molar-refractivity contribution is 0.173. The average molecular weight is 237 g/mol. The summed E-state index contributed by atoms with van der Waals surface area (Å²) in [6.07, 6.45) is 1.97. The second-order valence-electron chi connectivity index (χ2n) is 3.64. The Labute approximate surface area is 99.5 Å². The Balaban J connectivity index is 1.76. The highest BCUT2D eigenvalue weighted by atomic mass is 32.2. The standard InChI is InChI=1S/C12H15NO2S/c14-9-10-1-3-12(4-2-10)16-8-6-11-5-7-15-13-11/h1-4,14H,5-9H2. The zero-order valence-corrected chi connectivity index (χ0v) is 9.87. The van der Waals surface area contributed by atoms with E-state index >= 15 is 0 Å². The lowest BCUT2D eigenvalue weighted by Gasteiger charge is -2.02. The first-order chi connectivity index (χ1) is 7.88. The Kier molecular flexibility index (Phi) is 4.25. The van der Waals surface area contributed by atoms with Crippen molar-refractivity contribution in [2.75, 3.05) is 12.4 Å². The summed E-state index contributed by atoms with van der Waals surface area (Å²) in [4.78, 5) is 6.17. The van der Waals surface area contributed by atoms with Crippen LogP contribution in [0.3, 0.4) is 0 Å². The summed E-state index contributed by atoms with van der Waals surface area (Å²) in [5.74, 6) is 1.03. The molecule has 0 fully saturated rings. The van der Waals surface area contributed by atoms with Gasteiger partial charge in [-0.2, -0.15) is 0 Å². The molecule has 0 aromatic heterocycles. The van der Waals surface area contributed by atoms with Gasteiger partial charge in [0.1, 0.15) is 6.61 Å². The predicted octanol–water partition coefficient (Wildman–Crippen LogP) is 2.44. The van der Waals surface area contributed by atoms with Crippen LogP contribution in [0, 0.1) is 0 Å². The Morgan fingerprint density at radius 3 is 2.75 bits per heavy atom. The van der Waals surface area contributed by atoms with Gasteiger partial charge in [0.15, 0.2) is 0 Å². The minimum Gasteiger partial charge on any atom is -0.395 e. The summed E-state index contributed by atoms with van der Waals surface area (Å²) < 4.78 is 0. The molecule has 0 atom stereocenters. The normalized spacial score (nSPS) is 14.7.